The van der Waals surface area contributed by atoms with Gasteiger partial charge in [0, 0.05) is 86.2 Å². The zero-order chi connectivity index (χ0) is 97.3. The van der Waals surface area contributed by atoms with Gasteiger partial charge in [-0.25, -0.2) is 66.3 Å². The number of carbonyl (C=O) groups excluding carboxylic acids is 9. The van der Waals surface area contributed by atoms with Crippen LogP contribution in [-0.2, 0) is 132 Å². The van der Waals surface area contributed by atoms with Gasteiger partial charge in [0.2, 0.25) is 48.2 Å². The third-order valence-electron chi connectivity index (χ3n) is 30.4. The second kappa shape index (κ2) is 46.1. The monoisotopic (exact) mass is 2050 g/mol. The molecule has 5 saturated carbocycles. The predicted octanol–water partition coefficient (Wildman–Crippen LogP) is 16.8. The van der Waals surface area contributed by atoms with Crippen LogP contribution in [-0.4, -0.2) is 214 Å². The summed E-state index contributed by atoms with van der Waals surface area (Å²) in [6.07, 6.45) is 7.63. The number of fused-ring (bicyclic) bond motifs is 21. The van der Waals surface area contributed by atoms with Crippen LogP contribution in [0.3, 0.4) is 0 Å². The second-order valence-electron chi connectivity index (χ2n) is 42.5. The molecule has 8 bridgehead atoms. The summed E-state index contributed by atoms with van der Waals surface area (Å²) in [5.74, 6) is -5.74. The van der Waals surface area contributed by atoms with Crippen LogP contribution in [0.2, 0.25) is 0 Å². The van der Waals surface area contributed by atoms with Crippen LogP contribution in [0, 0.1) is 93.2 Å². The van der Waals surface area contributed by atoms with Crippen molar-refractivity contribution in [3.05, 3.63) is 71.7 Å². The number of benzene rings is 3. The topological polar surface area (TPSA) is 324 Å². The van der Waals surface area contributed by atoms with Crippen molar-refractivity contribution in [1.29, 1.82) is 0 Å². The largest absolute Gasteiger partial charge is 0.540 e. The molecule has 3 amide bonds. The first kappa shape index (κ1) is 109. The van der Waals surface area contributed by atoms with Crippen molar-refractivity contribution in [1.82, 2.24) is 44.6 Å². The Morgan fingerprint density at radius 2 is 0.748 bits per heavy atom. The molecule has 6 aliphatic heterocycles. The number of methoxy groups -OCH3 is 3. The maximum absolute atomic E-state index is 14.7. The second-order valence-corrected chi connectivity index (χ2v) is 42.5. The van der Waals surface area contributed by atoms with Crippen molar-refractivity contribution < 1.29 is 172 Å². The number of aryl methyl sites for hydroxylation is 3. The van der Waals surface area contributed by atoms with E-state index in [-0.39, 0.29) is 131 Å². The molecule has 22 atom stereocenters. The van der Waals surface area contributed by atoms with Crippen LogP contribution in [0.4, 0.5) is 30.7 Å². The van der Waals surface area contributed by atoms with Gasteiger partial charge in [-0.15, -0.1) is 0 Å². The van der Waals surface area contributed by atoms with Crippen LogP contribution in [0.5, 0.6) is 34.9 Å². The van der Waals surface area contributed by atoms with E-state index in [2.05, 4.69) is 9.97 Å². The Hall–Kier alpha value is -8.43. The molecule has 5 aliphatic carbocycles. The average Bonchev–Trinajstić information content (AvgIpc) is 1.59. The van der Waals surface area contributed by atoms with Gasteiger partial charge in [-0.3, -0.25) is 28.8 Å². The zero-order valence-electron chi connectivity index (χ0n) is 80.9. The van der Waals surface area contributed by atoms with Gasteiger partial charge in [-0.05, 0) is 190 Å². The van der Waals surface area contributed by atoms with Gasteiger partial charge in [0.05, 0.1) is 123 Å². The summed E-state index contributed by atoms with van der Waals surface area (Å²) in [5.41, 5.74) is 2.64. The zero-order valence-corrected chi connectivity index (χ0v) is 85.1. The number of halogens is 7. The number of aromatic nitrogens is 6. The molecular formula is C102H127F7N9O18V3-3. The van der Waals surface area contributed by atoms with E-state index in [1.165, 1.54) is 27.8 Å². The molecule has 3 aromatic carbocycles. The summed E-state index contributed by atoms with van der Waals surface area (Å²) in [7, 11) is 4.59. The Morgan fingerprint density at radius 1 is 0.381 bits per heavy atom. The minimum atomic E-state index is -4.65. The summed E-state index contributed by atoms with van der Waals surface area (Å²) in [6.45, 7) is 15.4. The molecule has 6 aromatic rings. The first-order chi connectivity index (χ1) is 64.7. The molecule has 2 unspecified atom stereocenters. The Labute approximate surface area is 842 Å². The van der Waals surface area contributed by atoms with Gasteiger partial charge in [0.15, 0.2) is 0 Å². The van der Waals surface area contributed by atoms with Crippen molar-refractivity contribution >= 4 is 87.6 Å². The first-order valence-electron chi connectivity index (χ1n) is 48.5. The molecule has 139 heavy (non-hydrogen) atoms. The number of amides is 3. The predicted molar refractivity (Wildman–Crippen MR) is 484 cm³/mol. The normalized spacial score (nSPS) is 30.5. The van der Waals surface area contributed by atoms with Gasteiger partial charge < -0.3 is 71.7 Å². The number of carbonyl (C=O) groups is 6. The average molecular weight is 2050 g/mol. The summed E-state index contributed by atoms with van der Waals surface area (Å²) >= 11 is 0. The smallest absolute Gasteiger partial charge is 0.389 e. The third-order valence-corrected chi connectivity index (χ3v) is 30.4. The van der Waals surface area contributed by atoms with Crippen LogP contribution >= 0.6 is 0 Å². The van der Waals surface area contributed by atoms with Gasteiger partial charge >= 0.3 is 24.1 Å². The molecule has 755 valence electrons. The Kier molecular flexibility index (Phi) is 36.3. The Bertz CT molecular complexity index is 5360. The van der Waals surface area contributed by atoms with Crippen LogP contribution < -0.4 is 28.4 Å². The minimum absolute atomic E-state index is 0. The van der Waals surface area contributed by atoms with E-state index in [1.807, 2.05) is 41.5 Å². The van der Waals surface area contributed by atoms with Crippen molar-refractivity contribution in [2.75, 3.05) is 41.0 Å². The molecule has 0 N–H and O–H groups in total. The molecule has 9 heterocycles. The number of alkyl halides is 7. The summed E-state index contributed by atoms with van der Waals surface area (Å²) in [5, 5.41) is 0. The van der Waals surface area contributed by atoms with Gasteiger partial charge in [-0.1, -0.05) is 125 Å². The number of ether oxygens (including phenoxy) is 9. The van der Waals surface area contributed by atoms with Gasteiger partial charge in [0.1, 0.15) is 71.0 Å². The fourth-order valence-electron chi connectivity index (χ4n) is 22.6. The molecule has 17 rings (SSSR count). The van der Waals surface area contributed by atoms with Crippen molar-refractivity contribution in [3.8, 4) is 34.9 Å². The molecule has 8 fully saturated rings. The molecule has 0 spiro atoms. The molecular weight excluding hydrogens is 1920 g/mol. The van der Waals surface area contributed by atoms with E-state index in [9.17, 15) is 73.9 Å². The van der Waals surface area contributed by atoms with Crippen LogP contribution in [0.25, 0.3) is 33.1 Å². The summed E-state index contributed by atoms with van der Waals surface area (Å²) in [6, 6.07) is 11.1. The number of rotatable bonds is 9. The molecule has 27 nitrogen and oxygen atoms in total. The third kappa shape index (κ3) is 25.5. The van der Waals surface area contributed by atoms with Crippen molar-refractivity contribution in [3.63, 3.8) is 0 Å². The molecule has 11 aliphatic rings. The Morgan fingerprint density at radius 3 is 1.16 bits per heavy atom. The molecule has 37 heteroatoms. The van der Waals surface area contributed by atoms with Crippen molar-refractivity contribution in [2.24, 2.45) is 93.2 Å². The van der Waals surface area contributed by atoms with E-state index in [1.54, 1.807) is 94.2 Å². The molecule has 3 radical (unpaired) electrons. The maximum Gasteiger partial charge on any atom is 0.389 e. The maximum atomic E-state index is 14.7. The number of hydrogen-bond acceptors (Lipinski definition) is 24. The van der Waals surface area contributed by atoms with E-state index in [0.29, 0.717) is 128 Å². The van der Waals surface area contributed by atoms with Gasteiger partial charge in [0.25, 0.3) is 0 Å². The van der Waals surface area contributed by atoms with Crippen LogP contribution in [0.15, 0.2) is 54.6 Å². The number of esters is 3. The van der Waals surface area contributed by atoms with E-state index in [4.69, 9.17) is 62.6 Å². The Balaban J connectivity index is 0.000000185. The van der Waals surface area contributed by atoms with E-state index in [0.717, 1.165) is 130 Å². The molecule has 3 aromatic heterocycles. The molecule has 3 saturated heterocycles. The van der Waals surface area contributed by atoms with Crippen molar-refractivity contribution in [2.45, 2.75) is 303 Å². The number of hydrogen-bond donors (Lipinski definition) is 0. The van der Waals surface area contributed by atoms with Gasteiger partial charge in [-0.2, -0.15) is 13.2 Å². The summed E-state index contributed by atoms with van der Waals surface area (Å²) < 4.78 is 153. The van der Waals surface area contributed by atoms with E-state index >= 15 is 0 Å². The first-order valence-corrected chi connectivity index (χ1v) is 48.5. The van der Waals surface area contributed by atoms with Crippen LogP contribution in [0.1, 0.15) is 227 Å². The fourth-order valence-corrected chi connectivity index (χ4v) is 22.6. The SMILES string of the molecule is COc1ccc2nc3c(nc2c1)O[C@H]1CN(C(=O)[C@H](C(C)(C)C)CC(=O)O[C@@H]2CC4CC4[C@H]2CCCCC3)[C@H]([C-]=O)[C@@H]1C(F)F.COc1ccc2nc3c(nc2c1)O[C@H]1CN(C(=O)[C@H](C(C)(C)C)CC(=O)O[C@@H]2C[C@H]2CCCCCC3)[C@H]([C-]=O)[C@@H]1CC(F)(F)F.COc1ccc2nc3c(nc2c1)O[C@H]1CN(C(=O)[C@H](C(C)(C)C)CC(=O)O[C@@H]2[C@H]4CC[C@H](C4)[C@H]2CCCCC3)[C@H]([C-]=O)[C@@H]1C(F)F.[V].[V].[V]. The minimum Gasteiger partial charge on any atom is -0.540 e. The summed E-state index contributed by atoms with van der Waals surface area (Å²) in [4.78, 5) is 151. The van der Waals surface area contributed by atoms with E-state index < -0.39 is 149 Å². The quantitative estimate of drug-likeness (QED) is 0.0562. The number of nitrogens with zero attached hydrogens (tertiary/aromatic N) is 9. The fraction of sp³-hybridized carbons (Fsp3) is 0.676. The standard InChI is InChI=1S/C35H44F2N3O6.C34H42F2N3O6.C33H41F3N3O6.3V/c1-35(2,3)23-16-29(42)46-31-20-11-10-19(14-20)22(31)8-6-5-7-9-25-33(39-26-15-21(44-4)12-13-24(26)38-25)45-28-17-40(34(23)43)27(18-41)30(28)32(36)37;1-34(2,3)22-15-29(41)44-27-13-18-12-21(18)20(27)8-6-5-7-9-24-32(38-25-14-19(43-4)10-11-23(25)37-24)45-28-16-39(33(22)42)26(17-40)30(28)31(35)36;1-32(2,3)22-15-29(41)44-27-13-19(27)9-7-5-6-8-10-24-30(38-25-14-20(43-4)11-12-23(25)37-24)45-28-17-39(31(22)42)26(18-40)21(28)16-33(34,35)36;;;/h12-13,15,19-20,22-23,27-28,30-32H,5-11,14,16-17H2,1-4H3;10-11,14,18,20-22,26-28,30-31H,5-9,12-13,15-16H2,1-4H3;11-12,14,19,21-22,26-28H,5-10,13,15-17H2,1-4H3;;;/q3*-1;;;/t19-,20+,22-,23-,27-,28+,30+,31-;18?,20-,21?,22-,26-,27-,28+,30+;19-,21+,22-,26-,27-,28+;;;/m111.../s1.